The number of halogens is 1. The van der Waals surface area contributed by atoms with Gasteiger partial charge in [0.15, 0.2) is 0 Å². The third-order valence-corrected chi connectivity index (χ3v) is 4.10. The van der Waals surface area contributed by atoms with E-state index in [0.717, 1.165) is 12.1 Å². The highest BCUT2D eigenvalue weighted by Crippen LogP contribution is 2.31. The Morgan fingerprint density at radius 2 is 2.10 bits per heavy atom. The third-order valence-electron chi connectivity index (χ3n) is 4.10. The van der Waals surface area contributed by atoms with Crippen molar-refractivity contribution in [3.8, 4) is 0 Å². The molecule has 1 heterocycles. The SMILES string of the molecule is CN1CCN(C(CN)c2cccc(F)c2)C(C)(C)C1=O. The molecular formula is C15H22FN3O. The van der Waals surface area contributed by atoms with Crippen LogP contribution in [0.3, 0.4) is 0 Å². The van der Waals surface area contributed by atoms with Crippen LogP contribution in [0.25, 0.3) is 0 Å². The molecule has 2 N–H and O–H groups in total. The predicted octanol–water partition coefficient (Wildman–Crippen LogP) is 1.38. The van der Waals surface area contributed by atoms with E-state index in [-0.39, 0.29) is 17.8 Å². The van der Waals surface area contributed by atoms with Gasteiger partial charge in [-0.3, -0.25) is 9.69 Å². The number of carbonyl (C=O) groups excluding carboxylic acids is 1. The van der Waals surface area contributed by atoms with Crippen LogP contribution >= 0.6 is 0 Å². The second-order valence-electron chi connectivity index (χ2n) is 5.79. The fourth-order valence-corrected chi connectivity index (χ4v) is 2.93. The first-order valence-electron chi connectivity index (χ1n) is 6.85. The van der Waals surface area contributed by atoms with E-state index in [0.29, 0.717) is 13.1 Å². The number of rotatable bonds is 3. The lowest BCUT2D eigenvalue weighted by Gasteiger charge is -2.48. The number of hydrogen-bond acceptors (Lipinski definition) is 3. The summed E-state index contributed by atoms with van der Waals surface area (Å²) in [5.74, 6) is -0.210. The molecule has 0 radical (unpaired) electrons. The van der Waals surface area contributed by atoms with Crippen LogP contribution in [-0.4, -0.2) is 47.9 Å². The number of benzene rings is 1. The van der Waals surface area contributed by atoms with Crippen molar-refractivity contribution < 1.29 is 9.18 Å². The van der Waals surface area contributed by atoms with E-state index in [1.165, 1.54) is 12.1 Å². The maximum Gasteiger partial charge on any atom is 0.242 e. The Balaban J connectivity index is 2.34. The number of nitrogens with two attached hydrogens (primary N) is 1. The number of hydrogen-bond donors (Lipinski definition) is 1. The van der Waals surface area contributed by atoms with E-state index in [2.05, 4.69) is 4.90 Å². The molecule has 1 atom stereocenters. The van der Waals surface area contributed by atoms with Crippen molar-refractivity contribution in [2.24, 2.45) is 5.73 Å². The fourth-order valence-electron chi connectivity index (χ4n) is 2.93. The topological polar surface area (TPSA) is 49.6 Å². The summed E-state index contributed by atoms with van der Waals surface area (Å²) in [6.07, 6.45) is 0. The first-order chi connectivity index (χ1) is 9.37. The minimum atomic E-state index is -0.636. The summed E-state index contributed by atoms with van der Waals surface area (Å²) in [5.41, 5.74) is 6.08. The van der Waals surface area contributed by atoms with Gasteiger partial charge in [-0.1, -0.05) is 12.1 Å². The quantitative estimate of drug-likeness (QED) is 0.909. The first kappa shape index (κ1) is 14.9. The minimum Gasteiger partial charge on any atom is -0.343 e. The predicted molar refractivity (Wildman–Crippen MR) is 76.6 cm³/mol. The van der Waals surface area contributed by atoms with Gasteiger partial charge in [-0.2, -0.15) is 0 Å². The lowest BCUT2D eigenvalue weighted by molar-refractivity contribution is -0.149. The van der Waals surface area contributed by atoms with Gasteiger partial charge < -0.3 is 10.6 Å². The summed E-state index contributed by atoms with van der Waals surface area (Å²) in [6.45, 7) is 5.53. The van der Waals surface area contributed by atoms with E-state index >= 15 is 0 Å². The van der Waals surface area contributed by atoms with Crippen LogP contribution in [0.1, 0.15) is 25.5 Å². The van der Waals surface area contributed by atoms with Crippen molar-refractivity contribution in [1.29, 1.82) is 0 Å². The zero-order chi connectivity index (χ0) is 14.9. The monoisotopic (exact) mass is 279 g/mol. The zero-order valence-electron chi connectivity index (χ0n) is 12.3. The highest BCUT2D eigenvalue weighted by atomic mass is 19.1. The minimum absolute atomic E-state index is 0.0682. The average molecular weight is 279 g/mol. The number of piperazine rings is 1. The van der Waals surface area contributed by atoms with Gasteiger partial charge in [0.25, 0.3) is 0 Å². The Kier molecular flexibility index (Phi) is 4.11. The summed E-state index contributed by atoms with van der Waals surface area (Å²) >= 11 is 0. The van der Waals surface area contributed by atoms with Gasteiger partial charge in [-0.15, -0.1) is 0 Å². The molecule has 0 saturated carbocycles. The summed E-state index contributed by atoms with van der Waals surface area (Å²) in [6, 6.07) is 6.30. The number of amides is 1. The van der Waals surface area contributed by atoms with E-state index < -0.39 is 5.54 Å². The number of carbonyl (C=O) groups is 1. The molecule has 1 aliphatic rings. The Morgan fingerprint density at radius 3 is 2.70 bits per heavy atom. The smallest absolute Gasteiger partial charge is 0.242 e. The molecule has 1 saturated heterocycles. The summed E-state index contributed by atoms with van der Waals surface area (Å²) in [7, 11) is 1.81. The van der Waals surface area contributed by atoms with E-state index in [9.17, 15) is 9.18 Å². The van der Waals surface area contributed by atoms with Crippen molar-refractivity contribution in [2.45, 2.75) is 25.4 Å². The van der Waals surface area contributed by atoms with Gasteiger partial charge in [-0.05, 0) is 31.5 Å². The standard InChI is InChI=1S/C15H22FN3O/c1-15(2)14(20)18(3)7-8-19(15)13(10-17)11-5-4-6-12(16)9-11/h4-6,9,13H,7-8,10,17H2,1-3H3. The van der Waals surface area contributed by atoms with Gasteiger partial charge in [0.2, 0.25) is 5.91 Å². The van der Waals surface area contributed by atoms with Crippen LogP contribution in [0.5, 0.6) is 0 Å². The van der Waals surface area contributed by atoms with Gasteiger partial charge >= 0.3 is 0 Å². The molecule has 0 spiro atoms. The van der Waals surface area contributed by atoms with Crippen LogP contribution in [0.4, 0.5) is 4.39 Å². The lowest BCUT2D eigenvalue weighted by atomic mass is 9.92. The molecule has 1 aromatic rings. The Labute approximate surface area is 119 Å². The maximum atomic E-state index is 13.4. The Hall–Kier alpha value is -1.46. The average Bonchev–Trinajstić information content (AvgIpc) is 2.40. The molecule has 0 aromatic heterocycles. The van der Waals surface area contributed by atoms with Crippen molar-refractivity contribution in [3.63, 3.8) is 0 Å². The molecule has 4 nitrogen and oxygen atoms in total. The van der Waals surface area contributed by atoms with Crippen LogP contribution in [-0.2, 0) is 4.79 Å². The Morgan fingerprint density at radius 1 is 1.40 bits per heavy atom. The van der Waals surface area contributed by atoms with E-state index in [1.807, 2.05) is 19.9 Å². The second kappa shape index (κ2) is 5.50. The van der Waals surface area contributed by atoms with Crippen LogP contribution in [0.15, 0.2) is 24.3 Å². The van der Waals surface area contributed by atoms with Crippen LogP contribution in [0, 0.1) is 5.82 Å². The normalized spacial score (nSPS) is 21.1. The molecule has 5 heteroatoms. The Bertz CT molecular complexity index is 504. The molecule has 1 unspecified atom stereocenters. The van der Waals surface area contributed by atoms with Crippen LogP contribution in [0.2, 0.25) is 0 Å². The molecule has 0 aliphatic carbocycles. The highest BCUT2D eigenvalue weighted by Gasteiger charge is 2.43. The zero-order valence-corrected chi connectivity index (χ0v) is 12.3. The largest absolute Gasteiger partial charge is 0.343 e. The molecule has 1 aromatic carbocycles. The van der Waals surface area contributed by atoms with Crippen molar-refractivity contribution in [2.75, 3.05) is 26.7 Å². The summed E-state index contributed by atoms with van der Waals surface area (Å²) in [4.78, 5) is 16.2. The number of likely N-dealkylation sites (N-methyl/N-ethyl adjacent to an activating group) is 1. The summed E-state index contributed by atoms with van der Waals surface area (Å²) < 4.78 is 13.4. The molecule has 20 heavy (non-hydrogen) atoms. The molecule has 0 bridgehead atoms. The van der Waals surface area contributed by atoms with Gasteiger partial charge in [0, 0.05) is 32.7 Å². The molecule has 110 valence electrons. The van der Waals surface area contributed by atoms with Crippen molar-refractivity contribution in [3.05, 3.63) is 35.6 Å². The van der Waals surface area contributed by atoms with Crippen LogP contribution < -0.4 is 5.73 Å². The van der Waals surface area contributed by atoms with E-state index in [4.69, 9.17) is 5.73 Å². The molecule has 1 amide bonds. The third kappa shape index (κ3) is 2.55. The van der Waals surface area contributed by atoms with E-state index in [1.54, 1.807) is 18.0 Å². The van der Waals surface area contributed by atoms with Gasteiger partial charge in [0.1, 0.15) is 5.82 Å². The maximum absolute atomic E-state index is 13.4. The van der Waals surface area contributed by atoms with Crippen molar-refractivity contribution in [1.82, 2.24) is 9.80 Å². The van der Waals surface area contributed by atoms with Gasteiger partial charge in [-0.25, -0.2) is 4.39 Å². The molecule has 1 aliphatic heterocycles. The first-order valence-corrected chi connectivity index (χ1v) is 6.85. The number of nitrogens with zero attached hydrogens (tertiary/aromatic N) is 2. The highest BCUT2D eigenvalue weighted by molar-refractivity contribution is 5.86. The van der Waals surface area contributed by atoms with Gasteiger partial charge in [0.05, 0.1) is 5.54 Å². The molecule has 1 fully saturated rings. The molecule has 2 rings (SSSR count). The lowest BCUT2D eigenvalue weighted by Crippen LogP contribution is -2.63. The van der Waals surface area contributed by atoms with Crippen molar-refractivity contribution >= 4 is 5.91 Å². The second-order valence-corrected chi connectivity index (χ2v) is 5.79. The fraction of sp³-hybridized carbons (Fsp3) is 0.533. The summed E-state index contributed by atoms with van der Waals surface area (Å²) in [5, 5.41) is 0. The molecular weight excluding hydrogens is 257 g/mol.